The molecule has 1 N–H and O–H groups in total. The van der Waals surface area contributed by atoms with E-state index >= 15 is 0 Å². The second-order valence-electron chi connectivity index (χ2n) is 3.57. The van der Waals surface area contributed by atoms with Gasteiger partial charge in [-0.25, -0.2) is 9.48 Å². The highest BCUT2D eigenvalue weighted by Gasteiger charge is 2.14. The van der Waals surface area contributed by atoms with Gasteiger partial charge in [0.15, 0.2) is 5.69 Å². The van der Waals surface area contributed by atoms with Crippen molar-refractivity contribution in [3.63, 3.8) is 0 Å². The lowest BCUT2D eigenvalue weighted by Crippen LogP contribution is -2.07. The zero-order valence-electron chi connectivity index (χ0n) is 9.21. The predicted octanol–water partition coefficient (Wildman–Crippen LogP) is 2.30. The van der Waals surface area contributed by atoms with Crippen molar-refractivity contribution in [2.45, 2.75) is 6.42 Å². The SMILES string of the molecule is C=CCc1cc(C(=O)O)n(-c2ccccc2)n1. The number of hydrogen-bond acceptors (Lipinski definition) is 2. The molecule has 2 rings (SSSR count). The first-order valence-corrected chi connectivity index (χ1v) is 5.21. The normalized spacial score (nSPS) is 10.1. The Morgan fingerprint density at radius 1 is 1.41 bits per heavy atom. The van der Waals surface area contributed by atoms with E-state index in [-0.39, 0.29) is 5.69 Å². The van der Waals surface area contributed by atoms with Gasteiger partial charge in [0.05, 0.1) is 11.4 Å². The van der Waals surface area contributed by atoms with E-state index < -0.39 is 5.97 Å². The highest BCUT2D eigenvalue weighted by Crippen LogP contribution is 2.13. The van der Waals surface area contributed by atoms with Crippen LogP contribution in [0.2, 0.25) is 0 Å². The summed E-state index contributed by atoms with van der Waals surface area (Å²) < 4.78 is 1.43. The molecular weight excluding hydrogens is 216 g/mol. The number of nitrogens with zero attached hydrogens (tertiary/aromatic N) is 2. The molecular formula is C13H12N2O2. The largest absolute Gasteiger partial charge is 0.477 e. The van der Waals surface area contributed by atoms with E-state index in [1.54, 1.807) is 12.1 Å². The maximum absolute atomic E-state index is 11.1. The van der Waals surface area contributed by atoms with E-state index in [0.717, 1.165) is 5.69 Å². The third-order valence-electron chi connectivity index (χ3n) is 2.33. The van der Waals surface area contributed by atoms with Gasteiger partial charge in [0.25, 0.3) is 0 Å². The fourth-order valence-corrected chi connectivity index (χ4v) is 1.60. The van der Waals surface area contributed by atoms with Gasteiger partial charge in [0.2, 0.25) is 0 Å². The monoisotopic (exact) mass is 228 g/mol. The van der Waals surface area contributed by atoms with Crippen LogP contribution in [-0.2, 0) is 6.42 Å². The number of rotatable bonds is 4. The summed E-state index contributed by atoms with van der Waals surface area (Å²) in [5, 5.41) is 13.4. The molecule has 0 spiro atoms. The number of carboxylic acid groups (broad SMARTS) is 1. The van der Waals surface area contributed by atoms with Gasteiger partial charge in [-0.1, -0.05) is 24.3 Å². The summed E-state index contributed by atoms with van der Waals surface area (Å²) in [4.78, 5) is 11.1. The van der Waals surface area contributed by atoms with Gasteiger partial charge in [-0.15, -0.1) is 6.58 Å². The quantitative estimate of drug-likeness (QED) is 0.817. The second-order valence-corrected chi connectivity index (χ2v) is 3.57. The van der Waals surface area contributed by atoms with Crippen LogP contribution >= 0.6 is 0 Å². The van der Waals surface area contributed by atoms with Gasteiger partial charge in [0.1, 0.15) is 0 Å². The molecule has 0 aliphatic heterocycles. The number of para-hydroxylation sites is 1. The Balaban J connectivity index is 2.52. The van der Waals surface area contributed by atoms with Crippen LogP contribution < -0.4 is 0 Å². The van der Waals surface area contributed by atoms with Crippen molar-refractivity contribution in [2.24, 2.45) is 0 Å². The second kappa shape index (κ2) is 4.65. The highest BCUT2D eigenvalue weighted by atomic mass is 16.4. The Bertz CT molecular complexity index is 544. The van der Waals surface area contributed by atoms with Crippen molar-refractivity contribution in [1.29, 1.82) is 0 Å². The molecule has 0 saturated heterocycles. The van der Waals surface area contributed by atoms with Gasteiger partial charge in [-0.05, 0) is 18.2 Å². The lowest BCUT2D eigenvalue weighted by Gasteiger charge is -2.03. The third kappa shape index (κ3) is 2.25. The molecule has 0 aliphatic carbocycles. The van der Waals surface area contributed by atoms with Gasteiger partial charge in [-0.3, -0.25) is 0 Å². The topological polar surface area (TPSA) is 55.1 Å². The third-order valence-corrected chi connectivity index (χ3v) is 2.33. The van der Waals surface area contributed by atoms with E-state index in [0.29, 0.717) is 12.1 Å². The minimum absolute atomic E-state index is 0.160. The number of benzene rings is 1. The summed E-state index contributed by atoms with van der Waals surface area (Å²) in [5.41, 5.74) is 1.59. The zero-order valence-corrected chi connectivity index (χ0v) is 9.21. The number of allylic oxidation sites excluding steroid dienone is 1. The van der Waals surface area contributed by atoms with Crippen LogP contribution in [0.3, 0.4) is 0 Å². The standard InChI is InChI=1S/C13H12N2O2/c1-2-6-10-9-12(13(16)17)15(14-10)11-7-4-3-5-8-11/h2-5,7-9H,1,6H2,(H,16,17). The number of aromatic nitrogens is 2. The molecule has 0 radical (unpaired) electrons. The summed E-state index contributed by atoms with van der Waals surface area (Å²) in [5.74, 6) is -0.989. The molecule has 0 fully saturated rings. The fraction of sp³-hybridized carbons (Fsp3) is 0.0769. The van der Waals surface area contributed by atoms with Gasteiger partial charge < -0.3 is 5.11 Å². The fourth-order valence-electron chi connectivity index (χ4n) is 1.60. The molecule has 1 heterocycles. The maximum atomic E-state index is 11.1. The van der Waals surface area contributed by atoms with Gasteiger partial charge >= 0.3 is 5.97 Å². The van der Waals surface area contributed by atoms with Crippen LogP contribution in [0.25, 0.3) is 5.69 Å². The summed E-state index contributed by atoms with van der Waals surface area (Å²) in [6.07, 6.45) is 2.25. The van der Waals surface area contributed by atoms with E-state index in [9.17, 15) is 4.79 Å². The molecule has 1 aromatic carbocycles. The first-order chi connectivity index (χ1) is 8.22. The molecule has 0 bridgehead atoms. The zero-order chi connectivity index (χ0) is 12.3. The number of carbonyl (C=O) groups is 1. The van der Waals surface area contributed by atoms with Crippen molar-refractivity contribution in [3.05, 3.63) is 60.4 Å². The molecule has 1 aromatic heterocycles. The van der Waals surface area contributed by atoms with Crippen LogP contribution in [0.1, 0.15) is 16.2 Å². The summed E-state index contributed by atoms with van der Waals surface area (Å²) in [6, 6.07) is 10.8. The molecule has 86 valence electrons. The Kier molecular flexibility index (Phi) is 3.05. The molecule has 0 amide bonds. The lowest BCUT2D eigenvalue weighted by atomic mass is 10.3. The van der Waals surface area contributed by atoms with E-state index in [1.165, 1.54) is 4.68 Å². The molecule has 0 aliphatic rings. The molecule has 0 saturated carbocycles. The number of hydrogen-bond donors (Lipinski definition) is 1. The Labute approximate surface area is 98.8 Å². The van der Waals surface area contributed by atoms with Crippen LogP contribution in [0.4, 0.5) is 0 Å². The van der Waals surface area contributed by atoms with Crippen LogP contribution in [-0.4, -0.2) is 20.9 Å². The Morgan fingerprint density at radius 3 is 2.71 bits per heavy atom. The smallest absolute Gasteiger partial charge is 0.354 e. The molecule has 4 heteroatoms. The first kappa shape index (κ1) is 11.1. The first-order valence-electron chi connectivity index (χ1n) is 5.21. The number of carboxylic acids is 1. The molecule has 17 heavy (non-hydrogen) atoms. The van der Waals surface area contributed by atoms with Crippen LogP contribution in [0, 0.1) is 0 Å². The van der Waals surface area contributed by atoms with Crippen LogP contribution in [0.5, 0.6) is 0 Å². The van der Waals surface area contributed by atoms with Crippen molar-refractivity contribution >= 4 is 5.97 Å². The summed E-state index contributed by atoms with van der Waals surface area (Å²) >= 11 is 0. The average Bonchev–Trinajstić information content (AvgIpc) is 2.75. The van der Waals surface area contributed by atoms with Gasteiger partial charge in [-0.2, -0.15) is 5.10 Å². The number of aromatic carboxylic acids is 1. The van der Waals surface area contributed by atoms with Crippen molar-refractivity contribution in [1.82, 2.24) is 9.78 Å². The average molecular weight is 228 g/mol. The summed E-state index contributed by atoms with van der Waals surface area (Å²) in [7, 11) is 0. The predicted molar refractivity (Wildman–Crippen MR) is 64.4 cm³/mol. The minimum atomic E-state index is -0.989. The van der Waals surface area contributed by atoms with Crippen molar-refractivity contribution < 1.29 is 9.90 Å². The van der Waals surface area contributed by atoms with E-state index in [4.69, 9.17) is 5.11 Å². The Hall–Kier alpha value is -2.36. The minimum Gasteiger partial charge on any atom is -0.477 e. The molecule has 4 nitrogen and oxygen atoms in total. The lowest BCUT2D eigenvalue weighted by molar-refractivity contribution is 0.0687. The Morgan fingerprint density at radius 2 is 2.12 bits per heavy atom. The molecule has 0 unspecified atom stereocenters. The maximum Gasteiger partial charge on any atom is 0.354 e. The van der Waals surface area contributed by atoms with Crippen molar-refractivity contribution in [3.8, 4) is 5.69 Å². The van der Waals surface area contributed by atoms with Crippen molar-refractivity contribution in [2.75, 3.05) is 0 Å². The van der Waals surface area contributed by atoms with E-state index in [2.05, 4.69) is 11.7 Å². The molecule has 2 aromatic rings. The highest BCUT2D eigenvalue weighted by molar-refractivity contribution is 5.86. The summed E-state index contributed by atoms with van der Waals surface area (Å²) in [6.45, 7) is 3.62. The van der Waals surface area contributed by atoms with E-state index in [1.807, 2.05) is 30.3 Å². The van der Waals surface area contributed by atoms with Gasteiger partial charge in [0, 0.05) is 6.42 Å². The van der Waals surface area contributed by atoms with Crippen LogP contribution in [0.15, 0.2) is 49.1 Å². The molecule has 0 atom stereocenters.